The van der Waals surface area contributed by atoms with Crippen LogP contribution in [0.4, 0.5) is 0 Å². The Balaban J connectivity index is 2.10. The van der Waals surface area contributed by atoms with Crippen LogP contribution in [0, 0.1) is 0 Å². The first-order chi connectivity index (χ1) is 11.1. The number of hydrogen-bond donors (Lipinski definition) is 1. The van der Waals surface area contributed by atoms with Crippen LogP contribution in [0.5, 0.6) is 0 Å². The average Bonchev–Trinajstić information content (AvgIpc) is 2.81. The van der Waals surface area contributed by atoms with Gasteiger partial charge in [-0.15, -0.1) is 11.8 Å². The van der Waals surface area contributed by atoms with Crippen molar-refractivity contribution in [1.82, 2.24) is 0 Å². The van der Waals surface area contributed by atoms with Crippen LogP contribution in [-0.2, 0) is 4.79 Å². The number of thioether (sulfide) groups is 1. The van der Waals surface area contributed by atoms with Crippen molar-refractivity contribution in [2.24, 2.45) is 0 Å². The Kier molecular flexibility index (Phi) is 4.39. The van der Waals surface area contributed by atoms with Crippen molar-refractivity contribution in [2.45, 2.75) is 18.2 Å². The predicted molar refractivity (Wildman–Crippen MR) is 97.4 cm³/mol. The molecule has 3 heteroatoms. The van der Waals surface area contributed by atoms with E-state index in [4.69, 9.17) is 0 Å². The Bertz CT molecular complexity index is 814. The molecule has 2 aromatic rings. The van der Waals surface area contributed by atoms with E-state index in [2.05, 4.69) is 48.7 Å². The topological polar surface area (TPSA) is 37.3 Å². The quantitative estimate of drug-likeness (QED) is 0.785. The van der Waals surface area contributed by atoms with Crippen LogP contribution < -0.4 is 0 Å². The summed E-state index contributed by atoms with van der Waals surface area (Å²) in [5, 5.41) is 9.26. The van der Waals surface area contributed by atoms with E-state index in [0.29, 0.717) is 0 Å². The van der Waals surface area contributed by atoms with Crippen molar-refractivity contribution in [1.29, 1.82) is 0 Å². The first-order valence-corrected chi connectivity index (χ1v) is 8.70. The lowest BCUT2D eigenvalue weighted by Gasteiger charge is -2.07. The standard InChI is InChI=1S/C20H18O2S/c1-13-16-5-3-4-6-17(16)19(18(13)12-20(21)22)11-14-7-9-15(23-2)10-8-14/h3-11H,12H2,1-2H3,(H,21,22)/b19-11-. The summed E-state index contributed by atoms with van der Waals surface area (Å²) in [6.45, 7) is 2.01. The second kappa shape index (κ2) is 6.47. The maximum atomic E-state index is 11.3. The number of hydrogen-bond acceptors (Lipinski definition) is 2. The Labute approximate surface area is 140 Å². The summed E-state index contributed by atoms with van der Waals surface area (Å²) in [6, 6.07) is 16.5. The van der Waals surface area contributed by atoms with Crippen molar-refractivity contribution in [3.05, 3.63) is 70.8 Å². The van der Waals surface area contributed by atoms with Gasteiger partial charge in [-0.2, -0.15) is 0 Å². The maximum Gasteiger partial charge on any atom is 0.307 e. The normalized spacial score (nSPS) is 15.1. The molecule has 116 valence electrons. The van der Waals surface area contributed by atoms with E-state index in [9.17, 15) is 9.90 Å². The van der Waals surface area contributed by atoms with Crippen LogP contribution in [0.15, 0.2) is 59.0 Å². The van der Waals surface area contributed by atoms with Gasteiger partial charge < -0.3 is 5.11 Å². The molecule has 1 aliphatic rings. The van der Waals surface area contributed by atoms with Gasteiger partial charge in [-0.05, 0) is 64.8 Å². The Morgan fingerprint density at radius 2 is 1.74 bits per heavy atom. The number of carboxylic acid groups (broad SMARTS) is 1. The average molecular weight is 322 g/mol. The monoisotopic (exact) mass is 322 g/mol. The van der Waals surface area contributed by atoms with Crippen molar-refractivity contribution >= 4 is 35.0 Å². The van der Waals surface area contributed by atoms with Crippen molar-refractivity contribution in [2.75, 3.05) is 6.26 Å². The highest BCUT2D eigenvalue weighted by Gasteiger charge is 2.24. The molecule has 0 atom stereocenters. The van der Waals surface area contributed by atoms with E-state index >= 15 is 0 Å². The maximum absolute atomic E-state index is 11.3. The highest BCUT2D eigenvalue weighted by molar-refractivity contribution is 7.98. The molecule has 3 rings (SSSR count). The van der Waals surface area contributed by atoms with Gasteiger partial charge in [0, 0.05) is 4.90 Å². The van der Waals surface area contributed by atoms with E-state index in [1.807, 2.05) is 19.1 Å². The van der Waals surface area contributed by atoms with E-state index in [0.717, 1.165) is 33.4 Å². The van der Waals surface area contributed by atoms with Gasteiger partial charge in [0.2, 0.25) is 0 Å². The molecule has 2 nitrogen and oxygen atoms in total. The van der Waals surface area contributed by atoms with Crippen molar-refractivity contribution in [3.8, 4) is 0 Å². The third kappa shape index (κ3) is 3.10. The smallest absolute Gasteiger partial charge is 0.307 e. The van der Waals surface area contributed by atoms with Crippen LogP contribution in [0.2, 0.25) is 0 Å². The molecule has 1 N–H and O–H groups in total. The molecule has 0 saturated heterocycles. The molecule has 0 aromatic heterocycles. The number of rotatable bonds is 4. The zero-order valence-corrected chi connectivity index (χ0v) is 14.0. The molecule has 0 saturated carbocycles. The fourth-order valence-corrected chi connectivity index (χ4v) is 3.39. The first-order valence-electron chi connectivity index (χ1n) is 7.47. The van der Waals surface area contributed by atoms with E-state index in [-0.39, 0.29) is 6.42 Å². The Morgan fingerprint density at radius 3 is 2.35 bits per heavy atom. The lowest BCUT2D eigenvalue weighted by Crippen LogP contribution is -1.98. The van der Waals surface area contributed by atoms with Gasteiger partial charge in [0.15, 0.2) is 0 Å². The van der Waals surface area contributed by atoms with Crippen molar-refractivity contribution in [3.63, 3.8) is 0 Å². The molecule has 0 heterocycles. The predicted octanol–water partition coefficient (Wildman–Crippen LogP) is 5.21. The highest BCUT2D eigenvalue weighted by Crippen LogP contribution is 2.43. The minimum absolute atomic E-state index is 0.0508. The summed E-state index contributed by atoms with van der Waals surface area (Å²) in [5.41, 5.74) is 6.34. The van der Waals surface area contributed by atoms with Crippen LogP contribution in [0.1, 0.15) is 30.0 Å². The largest absolute Gasteiger partial charge is 0.481 e. The molecule has 0 unspecified atom stereocenters. The second-order valence-corrected chi connectivity index (χ2v) is 6.43. The molecule has 0 amide bonds. The van der Waals surface area contributed by atoms with Gasteiger partial charge in [0.05, 0.1) is 6.42 Å². The summed E-state index contributed by atoms with van der Waals surface area (Å²) in [7, 11) is 0. The molecule has 1 aliphatic carbocycles. The molecule has 0 spiro atoms. The van der Waals surface area contributed by atoms with Gasteiger partial charge >= 0.3 is 5.97 Å². The Morgan fingerprint density at radius 1 is 1.09 bits per heavy atom. The fourth-order valence-electron chi connectivity index (χ4n) is 2.98. The van der Waals surface area contributed by atoms with E-state index in [1.165, 1.54) is 4.90 Å². The van der Waals surface area contributed by atoms with Crippen molar-refractivity contribution < 1.29 is 9.90 Å². The molecular weight excluding hydrogens is 304 g/mol. The molecular formula is C20H18O2S. The highest BCUT2D eigenvalue weighted by atomic mass is 32.2. The van der Waals surface area contributed by atoms with Gasteiger partial charge in [0.25, 0.3) is 0 Å². The number of fused-ring (bicyclic) bond motifs is 1. The third-order valence-corrected chi connectivity index (χ3v) is 4.90. The number of carboxylic acids is 1. The van der Waals surface area contributed by atoms with Gasteiger partial charge in [0.1, 0.15) is 0 Å². The summed E-state index contributed by atoms with van der Waals surface area (Å²) in [5.74, 6) is -0.796. The van der Waals surface area contributed by atoms with Gasteiger partial charge in [-0.3, -0.25) is 4.79 Å². The van der Waals surface area contributed by atoms with Crippen LogP contribution in [-0.4, -0.2) is 17.3 Å². The minimum Gasteiger partial charge on any atom is -0.481 e. The molecule has 2 aromatic carbocycles. The Hall–Kier alpha value is -2.26. The lowest BCUT2D eigenvalue weighted by atomic mass is 9.98. The van der Waals surface area contributed by atoms with Gasteiger partial charge in [-0.1, -0.05) is 36.4 Å². The molecule has 23 heavy (non-hydrogen) atoms. The number of allylic oxidation sites excluding steroid dienone is 2. The summed E-state index contributed by atoms with van der Waals surface area (Å²) in [4.78, 5) is 12.5. The first kappa shape index (κ1) is 15.6. The summed E-state index contributed by atoms with van der Waals surface area (Å²) >= 11 is 1.71. The lowest BCUT2D eigenvalue weighted by molar-refractivity contribution is -0.136. The molecule has 0 bridgehead atoms. The molecule has 0 radical (unpaired) electrons. The van der Waals surface area contributed by atoms with E-state index in [1.54, 1.807) is 11.8 Å². The fraction of sp³-hybridized carbons (Fsp3) is 0.150. The molecule has 0 fully saturated rings. The van der Waals surface area contributed by atoms with E-state index < -0.39 is 5.97 Å². The molecule has 0 aliphatic heterocycles. The second-order valence-electron chi connectivity index (χ2n) is 5.55. The zero-order valence-electron chi connectivity index (χ0n) is 13.2. The van der Waals surface area contributed by atoms with Crippen LogP contribution in [0.3, 0.4) is 0 Å². The summed E-state index contributed by atoms with van der Waals surface area (Å²) in [6.07, 6.45) is 4.20. The minimum atomic E-state index is -0.796. The number of aliphatic carboxylic acids is 1. The van der Waals surface area contributed by atoms with Crippen LogP contribution >= 0.6 is 11.8 Å². The van der Waals surface area contributed by atoms with Gasteiger partial charge in [-0.25, -0.2) is 0 Å². The number of carbonyl (C=O) groups is 1. The third-order valence-electron chi connectivity index (χ3n) is 4.15. The number of benzene rings is 2. The zero-order chi connectivity index (χ0) is 16.4. The van der Waals surface area contributed by atoms with Crippen LogP contribution in [0.25, 0.3) is 17.2 Å². The summed E-state index contributed by atoms with van der Waals surface area (Å²) < 4.78 is 0. The SMILES string of the molecule is CSc1ccc(/C=C2\C(CC(=O)O)=C(C)c3ccccc32)cc1.